The Morgan fingerprint density at radius 2 is 1.55 bits per heavy atom. The fraction of sp³-hybridized carbons (Fsp3) is 0.684. The first-order valence-corrected chi connectivity index (χ1v) is 8.91. The van der Waals surface area contributed by atoms with Crippen molar-refractivity contribution in [2.75, 3.05) is 0 Å². The second-order valence-electron chi connectivity index (χ2n) is 9.35. The third kappa shape index (κ3) is 3.29. The summed E-state index contributed by atoms with van der Waals surface area (Å²) in [6.45, 7) is 18.2. The SMILES string of the molecule is CC1(C)CC(C)(C)c2cc(BOC(C)(C)C(C)(C)P)ccc21. The molecule has 122 valence electrons. The van der Waals surface area contributed by atoms with E-state index in [2.05, 4.69) is 82.8 Å². The van der Waals surface area contributed by atoms with E-state index in [1.807, 2.05) is 0 Å². The molecular formula is C19H32BOP. The molecule has 1 aliphatic carbocycles. The molecule has 3 heteroatoms. The van der Waals surface area contributed by atoms with Crippen molar-refractivity contribution in [1.29, 1.82) is 0 Å². The average molecular weight is 318 g/mol. The van der Waals surface area contributed by atoms with Crippen LogP contribution in [0.15, 0.2) is 18.2 Å². The highest BCUT2D eigenvalue weighted by molar-refractivity contribution is 7.19. The van der Waals surface area contributed by atoms with Crippen LogP contribution in [0.4, 0.5) is 0 Å². The predicted molar refractivity (Wildman–Crippen MR) is 103 cm³/mol. The Labute approximate surface area is 140 Å². The first-order chi connectivity index (χ1) is 9.76. The van der Waals surface area contributed by atoms with Crippen LogP contribution in [-0.4, -0.2) is 18.2 Å². The van der Waals surface area contributed by atoms with Crippen LogP contribution in [0.2, 0.25) is 0 Å². The van der Waals surface area contributed by atoms with E-state index in [1.165, 1.54) is 23.0 Å². The number of rotatable bonds is 4. The minimum Gasteiger partial charge on any atom is -0.429 e. The Morgan fingerprint density at radius 3 is 2.09 bits per heavy atom. The van der Waals surface area contributed by atoms with Crippen molar-refractivity contribution < 1.29 is 4.65 Å². The lowest BCUT2D eigenvalue weighted by Gasteiger charge is -2.39. The van der Waals surface area contributed by atoms with Gasteiger partial charge in [-0.25, -0.2) is 0 Å². The molecule has 0 spiro atoms. The summed E-state index contributed by atoms with van der Waals surface area (Å²) >= 11 is 0. The maximum atomic E-state index is 6.24. The van der Waals surface area contributed by atoms with Gasteiger partial charge in [-0.15, -0.1) is 9.24 Å². The average Bonchev–Trinajstić information content (AvgIpc) is 2.51. The van der Waals surface area contributed by atoms with Gasteiger partial charge in [0.25, 0.3) is 0 Å². The minimum absolute atomic E-state index is 0.0466. The number of hydrogen-bond acceptors (Lipinski definition) is 1. The molecule has 1 unspecified atom stereocenters. The Hall–Kier alpha value is -0.325. The van der Waals surface area contributed by atoms with Gasteiger partial charge in [0.15, 0.2) is 0 Å². The Morgan fingerprint density at radius 1 is 1.00 bits per heavy atom. The molecular weight excluding hydrogens is 286 g/mol. The van der Waals surface area contributed by atoms with Gasteiger partial charge in [-0.3, -0.25) is 0 Å². The van der Waals surface area contributed by atoms with Crippen molar-refractivity contribution in [3.8, 4) is 0 Å². The van der Waals surface area contributed by atoms with E-state index in [9.17, 15) is 0 Å². The zero-order chi connectivity index (χ0) is 17.0. The molecule has 0 amide bonds. The van der Waals surface area contributed by atoms with Gasteiger partial charge in [-0.1, -0.05) is 65.2 Å². The van der Waals surface area contributed by atoms with Gasteiger partial charge in [0.1, 0.15) is 0 Å². The molecule has 0 aliphatic heterocycles. The van der Waals surface area contributed by atoms with Gasteiger partial charge in [0.2, 0.25) is 0 Å². The fourth-order valence-corrected chi connectivity index (χ4v) is 3.66. The van der Waals surface area contributed by atoms with Crippen molar-refractivity contribution in [2.45, 2.75) is 83.4 Å². The maximum absolute atomic E-state index is 6.24. The normalized spacial score (nSPS) is 19.9. The lowest BCUT2D eigenvalue weighted by molar-refractivity contribution is 0.0841. The Kier molecular flexibility index (Phi) is 4.38. The summed E-state index contributed by atoms with van der Waals surface area (Å²) in [5.74, 6) is 0. The van der Waals surface area contributed by atoms with Crippen LogP contribution >= 0.6 is 9.24 Å². The molecule has 0 N–H and O–H groups in total. The summed E-state index contributed by atoms with van der Waals surface area (Å²) in [6.07, 6.45) is 1.21. The van der Waals surface area contributed by atoms with Gasteiger partial charge in [0, 0.05) is 5.16 Å². The smallest absolute Gasteiger partial charge is 0.309 e. The highest BCUT2D eigenvalue weighted by atomic mass is 31.0. The molecule has 0 heterocycles. The van der Waals surface area contributed by atoms with Crippen molar-refractivity contribution in [3.63, 3.8) is 0 Å². The van der Waals surface area contributed by atoms with E-state index < -0.39 is 0 Å². The van der Waals surface area contributed by atoms with E-state index in [1.54, 1.807) is 0 Å². The van der Waals surface area contributed by atoms with Gasteiger partial charge >= 0.3 is 7.48 Å². The minimum atomic E-state index is -0.175. The van der Waals surface area contributed by atoms with Crippen molar-refractivity contribution >= 4 is 22.2 Å². The van der Waals surface area contributed by atoms with Crippen LogP contribution in [0.5, 0.6) is 0 Å². The molecule has 0 radical (unpaired) electrons. The molecule has 1 nitrogen and oxygen atoms in total. The first-order valence-electron chi connectivity index (χ1n) is 8.33. The van der Waals surface area contributed by atoms with E-state index in [-0.39, 0.29) is 21.6 Å². The number of benzene rings is 1. The van der Waals surface area contributed by atoms with Crippen LogP contribution in [0, 0.1) is 0 Å². The van der Waals surface area contributed by atoms with Crippen molar-refractivity contribution in [1.82, 2.24) is 0 Å². The van der Waals surface area contributed by atoms with E-state index >= 15 is 0 Å². The number of hydrogen-bond donors (Lipinski definition) is 0. The molecule has 0 fully saturated rings. The maximum Gasteiger partial charge on any atom is 0.309 e. The summed E-state index contributed by atoms with van der Waals surface area (Å²) in [6, 6.07) is 6.94. The summed E-state index contributed by atoms with van der Waals surface area (Å²) in [7, 11) is 3.58. The van der Waals surface area contributed by atoms with E-state index in [0.29, 0.717) is 7.48 Å². The Bertz CT molecular complexity index is 567. The zero-order valence-electron chi connectivity index (χ0n) is 15.6. The molecule has 1 atom stereocenters. The topological polar surface area (TPSA) is 9.23 Å². The predicted octanol–water partition coefficient (Wildman–Crippen LogP) is 4.07. The monoisotopic (exact) mass is 318 g/mol. The number of fused-ring (bicyclic) bond motifs is 1. The van der Waals surface area contributed by atoms with Crippen LogP contribution in [0.3, 0.4) is 0 Å². The van der Waals surface area contributed by atoms with Crippen molar-refractivity contribution in [3.05, 3.63) is 29.3 Å². The van der Waals surface area contributed by atoms with Gasteiger partial charge in [-0.05, 0) is 42.2 Å². The van der Waals surface area contributed by atoms with E-state index in [4.69, 9.17) is 4.65 Å². The van der Waals surface area contributed by atoms with Crippen LogP contribution in [0.1, 0.15) is 72.9 Å². The molecule has 1 aliphatic rings. The lowest BCUT2D eigenvalue weighted by atomic mass is 9.79. The molecule has 0 saturated heterocycles. The molecule has 0 aromatic heterocycles. The van der Waals surface area contributed by atoms with Gasteiger partial charge in [0.05, 0.1) is 5.60 Å². The highest BCUT2D eigenvalue weighted by Crippen LogP contribution is 2.48. The fourth-order valence-electron chi connectivity index (χ4n) is 3.58. The quantitative estimate of drug-likeness (QED) is 0.601. The molecule has 2 rings (SSSR count). The molecule has 0 bridgehead atoms. The molecule has 1 aromatic carbocycles. The van der Waals surface area contributed by atoms with E-state index in [0.717, 1.165) is 0 Å². The van der Waals surface area contributed by atoms with Gasteiger partial charge < -0.3 is 4.65 Å². The molecule has 0 saturated carbocycles. The third-order valence-electron chi connectivity index (χ3n) is 5.58. The molecule has 22 heavy (non-hydrogen) atoms. The third-order valence-corrected chi connectivity index (χ3v) is 6.27. The van der Waals surface area contributed by atoms with Gasteiger partial charge in [-0.2, -0.15) is 0 Å². The van der Waals surface area contributed by atoms with Crippen LogP contribution in [-0.2, 0) is 15.5 Å². The summed E-state index contributed by atoms with van der Waals surface area (Å²) in [5, 5.41) is 0.0466. The first kappa shape index (κ1) is 18.0. The zero-order valence-corrected chi connectivity index (χ0v) is 16.8. The van der Waals surface area contributed by atoms with Crippen molar-refractivity contribution in [2.24, 2.45) is 0 Å². The summed E-state index contributed by atoms with van der Waals surface area (Å²) < 4.78 is 6.24. The van der Waals surface area contributed by atoms with Crippen LogP contribution in [0.25, 0.3) is 0 Å². The standard InChI is InChI=1S/C19H32BOP/c1-16(2)12-17(3,4)15-11-13(9-10-14(15)16)20-21-18(5,6)19(7,8)22/h9-11,20H,12,22H2,1-8H3. The molecule has 1 aromatic rings. The second kappa shape index (κ2) is 5.35. The largest absolute Gasteiger partial charge is 0.429 e. The second-order valence-corrected chi connectivity index (χ2v) is 10.8. The van der Waals surface area contributed by atoms with Crippen LogP contribution < -0.4 is 5.46 Å². The highest BCUT2D eigenvalue weighted by Gasteiger charge is 2.42. The summed E-state index contributed by atoms with van der Waals surface area (Å²) in [4.78, 5) is 0. The Balaban J connectivity index is 2.24. The summed E-state index contributed by atoms with van der Waals surface area (Å²) in [5.41, 5.74) is 4.65. The lowest BCUT2D eigenvalue weighted by Crippen LogP contribution is -2.45.